The van der Waals surface area contributed by atoms with Gasteiger partial charge in [0.2, 0.25) is 0 Å². The van der Waals surface area contributed by atoms with Crippen LogP contribution in [0.3, 0.4) is 0 Å². The van der Waals surface area contributed by atoms with Crippen molar-refractivity contribution in [1.82, 2.24) is 0 Å². The summed E-state index contributed by atoms with van der Waals surface area (Å²) in [5.41, 5.74) is -0.339. The summed E-state index contributed by atoms with van der Waals surface area (Å²) in [5.74, 6) is -3.69. The molecule has 0 saturated carbocycles. The van der Waals surface area contributed by atoms with Crippen LogP contribution in [0.15, 0.2) is 18.2 Å². The molecule has 0 heterocycles. The first-order valence-corrected chi connectivity index (χ1v) is 3.63. The number of benzene rings is 1. The second kappa shape index (κ2) is 3.53. The summed E-state index contributed by atoms with van der Waals surface area (Å²) in [6.07, 6.45) is 0. The van der Waals surface area contributed by atoms with Gasteiger partial charge in [-0.25, -0.2) is 9.18 Å². The molecule has 5 heteroatoms. The average Bonchev–Trinajstić information content (AvgIpc) is 2.08. The molecule has 0 aliphatic carbocycles. The molecule has 1 aromatic rings. The lowest BCUT2D eigenvalue weighted by Crippen LogP contribution is -2.13. The standard InChI is InChI=1S/C8H4ClFO3/c9-6-4(7(11)8(12)13)2-1-3-5(6)10/h1-3H,(H,12,13). The van der Waals surface area contributed by atoms with Crippen LogP contribution < -0.4 is 0 Å². The van der Waals surface area contributed by atoms with Crippen molar-refractivity contribution < 1.29 is 19.1 Å². The van der Waals surface area contributed by atoms with E-state index in [1.807, 2.05) is 0 Å². The molecule has 3 nitrogen and oxygen atoms in total. The van der Waals surface area contributed by atoms with Gasteiger partial charge in [-0.3, -0.25) is 4.79 Å². The van der Waals surface area contributed by atoms with Gasteiger partial charge in [0.15, 0.2) is 0 Å². The first kappa shape index (κ1) is 9.67. The summed E-state index contributed by atoms with van der Waals surface area (Å²) in [5, 5.41) is 7.86. The maximum absolute atomic E-state index is 12.7. The molecule has 0 aliphatic rings. The number of hydrogen-bond donors (Lipinski definition) is 1. The van der Waals surface area contributed by atoms with Crippen LogP contribution in [-0.2, 0) is 4.79 Å². The quantitative estimate of drug-likeness (QED) is 0.587. The SMILES string of the molecule is O=C(O)C(=O)c1cccc(F)c1Cl. The number of halogens is 2. The molecule has 0 spiro atoms. The van der Waals surface area contributed by atoms with Gasteiger partial charge < -0.3 is 5.11 Å². The van der Waals surface area contributed by atoms with Crippen molar-refractivity contribution in [3.63, 3.8) is 0 Å². The topological polar surface area (TPSA) is 54.4 Å². The van der Waals surface area contributed by atoms with E-state index >= 15 is 0 Å². The van der Waals surface area contributed by atoms with Crippen molar-refractivity contribution in [3.05, 3.63) is 34.6 Å². The zero-order valence-corrected chi connectivity index (χ0v) is 7.01. The number of aliphatic carboxylic acids is 1. The first-order valence-electron chi connectivity index (χ1n) is 3.25. The predicted molar refractivity (Wildman–Crippen MR) is 43.4 cm³/mol. The van der Waals surface area contributed by atoms with E-state index in [1.165, 1.54) is 6.07 Å². The van der Waals surface area contributed by atoms with Crippen LogP contribution in [0.25, 0.3) is 0 Å². The van der Waals surface area contributed by atoms with Gasteiger partial charge in [-0.15, -0.1) is 0 Å². The monoisotopic (exact) mass is 202 g/mol. The summed E-state index contributed by atoms with van der Waals surface area (Å²) in [7, 11) is 0. The van der Waals surface area contributed by atoms with Gasteiger partial charge >= 0.3 is 5.97 Å². The maximum Gasteiger partial charge on any atom is 0.377 e. The average molecular weight is 203 g/mol. The number of hydrogen-bond acceptors (Lipinski definition) is 2. The van der Waals surface area contributed by atoms with E-state index in [2.05, 4.69) is 0 Å². The Balaban J connectivity index is 3.23. The summed E-state index contributed by atoms with van der Waals surface area (Å²) in [4.78, 5) is 21.1. The van der Waals surface area contributed by atoms with Crippen LogP contribution >= 0.6 is 11.6 Å². The molecule has 13 heavy (non-hydrogen) atoms. The second-order valence-corrected chi connectivity index (χ2v) is 2.61. The van der Waals surface area contributed by atoms with Crippen molar-refractivity contribution in [2.45, 2.75) is 0 Å². The Morgan fingerprint density at radius 1 is 1.38 bits per heavy atom. The summed E-state index contributed by atoms with van der Waals surface area (Å²) in [6, 6.07) is 3.42. The molecule has 0 saturated heterocycles. The Hall–Kier alpha value is -1.42. The summed E-state index contributed by atoms with van der Waals surface area (Å²) < 4.78 is 12.7. The van der Waals surface area contributed by atoms with E-state index < -0.39 is 22.6 Å². The van der Waals surface area contributed by atoms with Crippen LogP contribution in [0.5, 0.6) is 0 Å². The minimum absolute atomic E-state index is 0.339. The van der Waals surface area contributed by atoms with Gasteiger partial charge in [0.1, 0.15) is 5.82 Å². The Kier molecular flexibility index (Phi) is 2.63. The zero-order chi connectivity index (χ0) is 10.0. The van der Waals surface area contributed by atoms with Gasteiger partial charge in [0.25, 0.3) is 5.78 Å². The maximum atomic E-state index is 12.7. The molecule has 68 valence electrons. The van der Waals surface area contributed by atoms with Crippen molar-refractivity contribution in [2.24, 2.45) is 0 Å². The number of carbonyl (C=O) groups excluding carboxylic acids is 1. The number of rotatable bonds is 2. The molecule has 0 aliphatic heterocycles. The molecular formula is C8H4ClFO3. The van der Waals surface area contributed by atoms with Crippen molar-refractivity contribution in [3.8, 4) is 0 Å². The Bertz CT molecular complexity index is 376. The van der Waals surface area contributed by atoms with Gasteiger partial charge in [-0.05, 0) is 12.1 Å². The van der Waals surface area contributed by atoms with Gasteiger partial charge in [-0.1, -0.05) is 17.7 Å². The normalized spacial score (nSPS) is 9.69. The van der Waals surface area contributed by atoms with Crippen LogP contribution in [0.2, 0.25) is 5.02 Å². The van der Waals surface area contributed by atoms with Crippen LogP contribution in [0.1, 0.15) is 10.4 Å². The fourth-order valence-electron chi connectivity index (χ4n) is 0.794. The highest BCUT2D eigenvalue weighted by Crippen LogP contribution is 2.19. The Labute approximate surface area is 77.7 Å². The van der Waals surface area contributed by atoms with E-state index in [9.17, 15) is 14.0 Å². The number of Topliss-reactive ketones (excluding diaryl/α,β-unsaturated/α-hetero) is 1. The minimum Gasteiger partial charge on any atom is -0.475 e. The smallest absolute Gasteiger partial charge is 0.377 e. The minimum atomic E-state index is -1.66. The Morgan fingerprint density at radius 2 is 2.00 bits per heavy atom. The second-order valence-electron chi connectivity index (χ2n) is 2.24. The fraction of sp³-hybridized carbons (Fsp3) is 0. The molecule has 0 atom stereocenters. The third kappa shape index (κ3) is 1.84. The molecule has 0 aromatic heterocycles. The molecule has 0 fully saturated rings. The largest absolute Gasteiger partial charge is 0.475 e. The number of carboxylic acid groups (broad SMARTS) is 1. The summed E-state index contributed by atoms with van der Waals surface area (Å²) in [6.45, 7) is 0. The third-order valence-electron chi connectivity index (χ3n) is 1.39. The molecule has 1 rings (SSSR count). The van der Waals surface area contributed by atoms with Crippen LogP contribution in [0, 0.1) is 5.82 Å². The molecule has 1 N–H and O–H groups in total. The zero-order valence-electron chi connectivity index (χ0n) is 6.25. The number of carbonyl (C=O) groups is 2. The molecule has 0 bridgehead atoms. The molecular weight excluding hydrogens is 199 g/mol. The number of ketones is 1. The molecule has 0 unspecified atom stereocenters. The number of carboxylic acids is 1. The lowest BCUT2D eigenvalue weighted by molar-refractivity contribution is -0.131. The lowest BCUT2D eigenvalue weighted by atomic mass is 10.1. The molecule has 0 amide bonds. The summed E-state index contributed by atoms with van der Waals surface area (Å²) >= 11 is 5.37. The van der Waals surface area contributed by atoms with Crippen LogP contribution in [-0.4, -0.2) is 16.9 Å². The van der Waals surface area contributed by atoms with E-state index in [0.717, 1.165) is 12.1 Å². The molecule has 0 radical (unpaired) electrons. The van der Waals surface area contributed by atoms with Crippen LogP contribution in [0.4, 0.5) is 4.39 Å². The highest BCUT2D eigenvalue weighted by atomic mass is 35.5. The van der Waals surface area contributed by atoms with Crippen molar-refractivity contribution >= 4 is 23.4 Å². The van der Waals surface area contributed by atoms with E-state index in [4.69, 9.17) is 16.7 Å². The highest BCUT2D eigenvalue weighted by Gasteiger charge is 2.19. The fourth-order valence-corrected chi connectivity index (χ4v) is 1.01. The highest BCUT2D eigenvalue weighted by molar-refractivity contribution is 6.45. The van der Waals surface area contributed by atoms with Crippen molar-refractivity contribution in [1.29, 1.82) is 0 Å². The third-order valence-corrected chi connectivity index (χ3v) is 1.77. The van der Waals surface area contributed by atoms with E-state index in [1.54, 1.807) is 0 Å². The Morgan fingerprint density at radius 3 is 2.54 bits per heavy atom. The van der Waals surface area contributed by atoms with Gasteiger partial charge in [0.05, 0.1) is 10.6 Å². The van der Waals surface area contributed by atoms with E-state index in [0.29, 0.717) is 0 Å². The first-order chi connectivity index (χ1) is 6.04. The van der Waals surface area contributed by atoms with E-state index in [-0.39, 0.29) is 5.56 Å². The van der Waals surface area contributed by atoms with Gasteiger partial charge in [-0.2, -0.15) is 0 Å². The predicted octanol–water partition coefficient (Wildman–Crippen LogP) is 1.75. The van der Waals surface area contributed by atoms with Gasteiger partial charge in [0, 0.05) is 0 Å². The lowest BCUT2D eigenvalue weighted by Gasteiger charge is -1.99. The van der Waals surface area contributed by atoms with Crippen molar-refractivity contribution in [2.75, 3.05) is 0 Å². The molecule has 1 aromatic carbocycles.